The lowest BCUT2D eigenvalue weighted by Crippen LogP contribution is -2.30. The number of ether oxygens (including phenoxy) is 1. The lowest BCUT2D eigenvalue weighted by molar-refractivity contribution is 0.0694. The first-order chi connectivity index (χ1) is 11.2. The summed E-state index contributed by atoms with van der Waals surface area (Å²) in [5, 5.41) is 15.7. The van der Waals surface area contributed by atoms with Gasteiger partial charge in [-0.15, -0.1) is 0 Å². The second-order valence-electron chi connectivity index (χ2n) is 5.38. The number of pyridine rings is 1. The topological polar surface area (TPSA) is 92.6 Å². The SMILES string of the molecule is O=C(O)c1cn2c3c(c1=O)/C=C\CCNCCN/C=C/3OCC2. The van der Waals surface area contributed by atoms with E-state index < -0.39 is 11.4 Å². The molecule has 0 spiro atoms. The van der Waals surface area contributed by atoms with Crippen molar-refractivity contribution in [1.82, 2.24) is 15.2 Å². The zero-order valence-electron chi connectivity index (χ0n) is 12.7. The third-order valence-corrected chi connectivity index (χ3v) is 3.82. The highest BCUT2D eigenvalue weighted by Gasteiger charge is 2.24. The van der Waals surface area contributed by atoms with Crippen molar-refractivity contribution >= 4 is 17.8 Å². The Morgan fingerprint density at radius 1 is 1.30 bits per heavy atom. The minimum absolute atomic E-state index is 0.215. The van der Waals surface area contributed by atoms with Crippen molar-refractivity contribution in [2.24, 2.45) is 0 Å². The van der Waals surface area contributed by atoms with Crippen molar-refractivity contribution in [3.8, 4) is 0 Å². The molecule has 122 valence electrons. The Morgan fingerprint density at radius 2 is 2.17 bits per heavy atom. The molecule has 7 nitrogen and oxygen atoms in total. The number of hydrogen-bond donors (Lipinski definition) is 3. The maximum Gasteiger partial charge on any atom is 0.341 e. The van der Waals surface area contributed by atoms with Gasteiger partial charge in [-0.2, -0.15) is 0 Å². The van der Waals surface area contributed by atoms with Crippen LogP contribution in [0.15, 0.2) is 23.3 Å². The molecule has 7 heteroatoms. The zero-order valence-corrected chi connectivity index (χ0v) is 12.7. The van der Waals surface area contributed by atoms with Crippen LogP contribution >= 0.6 is 0 Å². The molecule has 0 fully saturated rings. The van der Waals surface area contributed by atoms with Crippen molar-refractivity contribution in [3.05, 3.63) is 45.5 Å². The van der Waals surface area contributed by atoms with E-state index in [1.165, 1.54) is 6.20 Å². The molecule has 0 radical (unpaired) electrons. The highest BCUT2D eigenvalue weighted by atomic mass is 16.5. The van der Waals surface area contributed by atoms with E-state index >= 15 is 0 Å². The fraction of sp³-hybridized carbons (Fsp3) is 0.375. The van der Waals surface area contributed by atoms with Crippen molar-refractivity contribution < 1.29 is 14.6 Å². The third kappa shape index (κ3) is 3.14. The van der Waals surface area contributed by atoms with Crippen molar-refractivity contribution in [2.75, 3.05) is 26.2 Å². The van der Waals surface area contributed by atoms with Gasteiger partial charge in [0, 0.05) is 25.5 Å². The Labute approximate surface area is 133 Å². The molecule has 0 amide bonds. The number of carboxylic acid groups (broad SMARTS) is 1. The summed E-state index contributed by atoms with van der Waals surface area (Å²) in [4.78, 5) is 23.9. The molecule has 0 saturated heterocycles. The van der Waals surface area contributed by atoms with Gasteiger partial charge in [0.05, 0.1) is 17.8 Å². The van der Waals surface area contributed by atoms with E-state index in [0.717, 1.165) is 26.1 Å². The summed E-state index contributed by atoms with van der Waals surface area (Å²) in [6.45, 7) is 3.31. The van der Waals surface area contributed by atoms with Gasteiger partial charge in [-0.25, -0.2) is 4.79 Å². The zero-order chi connectivity index (χ0) is 16.2. The smallest absolute Gasteiger partial charge is 0.341 e. The lowest BCUT2D eigenvalue weighted by atomic mass is 10.1. The predicted octanol–water partition coefficient (Wildman–Crippen LogP) is 0.471. The van der Waals surface area contributed by atoms with Crippen molar-refractivity contribution in [1.29, 1.82) is 0 Å². The second kappa shape index (κ2) is 6.70. The Morgan fingerprint density at radius 3 is 3.00 bits per heavy atom. The van der Waals surface area contributed by atoms with Crippen LogP contribution in [0.25, 0.3) is 11.8 Å². The van der Waals surface area contributed by atoms with Gasteiger partial charge in [-0.3, -0.25) is 4.79 Å². The molecule has 23 heavy (non-hydrogen) atoms. The first kappa shape index (κ1) is 15.4. The van der Waals surface area contributed by atoms with Crippen LogP contribution < -0.4 is 16.1 Å². The summed E-state index contributed by atoms with van der Waals surface area (Å²) in [5.74, 6) is -0.650. The van der Waals surface area contributed by atoms with E-state index in [1.807, 2.05) is 6.08 Å². The van der Waals surface area contributed by atoms with Gasteiger partial charge in [0.15, 0.2) is 5.76 Å². The first-order valence-electron chi connectivity index (χ1n) is 7.63. The molecular weight excluding hydrogens is 298 g/mol. The van der Waals surface area contributed by atoms with Crippen molar-refractivity contribution in [2.45, 2.75) is 13.0 Å². The van der Waals surface area contributed by atoms with Crippen LogP contribution in [-0.4, -0.2) is 41.9 Å². The highest BCUT2D eigenvalue weighted by Crippen LogP contribution is 2.24. The third-order valence-electron chi connectivity index (χ3n) is 3.82. The number of aromatic carboxylic acids is 1. The maximum absolute atomic E-state index is 12.5. The van der Waals surface area contributed by atoms with Crippen molar-refractivity contribution in [3.63, 3.8) is 0 Å². The first-order valence-corrected chi connectivity index (χ1v) is 7.63. The fourth-order valence-electron chi connectivity index (χ4n) is 2.71. The fourth-order valence-corrected chi connectivity index (χ4v) is 2.71. The Hall–Kier alpha value is -2.54. The second-order valence-corrected chi connectivity index (χ2v) is 5.38. The molecule has 0 unspecified atom stereocenters. The summed E-state index contributed by atoms with van der Waals surface area (Å²) in [6.07, 6.45) is 7.49. The molecule has 2 aliphatic rings. The molecule has 0 aliphatic carbocycles. The van der Waals surface area contributed by atoms with Gasteiger partial charge >= 0.3 is 5.97 Å². The number of carbonyl (C=O) groups is 1. The van der Waals surface area contributed by atoms with Crippen LogP contribution in [0.1, 0.15) is 28.0 Å². The van der Waals surface area contributed by atoms with Gasteiger partial charge in [-0.1, -0.05) is 12.2 Å². The maximum atomic E-state index is 12.5. The normalized spacial score (nSPS) is 21.3. The van der Waals surface area contributed by atoms with Gasteiger partial charge in [-0.05, 0) is 13.0 Å². The largest absolute Gasteiger partial charge is 0.488 e. The quantitative estimate of drug-likeness (QED) is 0.697. The minimum atomic E-state index is -1.21. The molecule has 1 aromatic rings. The molecule has 0 bridgehead atoms. The van der Waals surface area contributed by atoms with E-state index in [4.69, 9.17) is 4.74 Å². The van der Waals surface area contributed by atoms with Crippen LogP contribution in [-0.2, 0) is 11.3 Å². The Kier molecular flexibility index (Phi) is 4.47. The van der Waals surface area contributed by atoms with E-state index in [9.17, 15) is 14.7 Å². The van der Waals surface area contributed by atoms with E-state index in [2.05, 4.69) is 10.6 Å². The van der Waals surface area contributed by atoms with Crippen LogP contribution in [0, 0.1) is 0 Å². The van der Waals surface area contributed by atoms with E-state index in [1.54, 1.807) is 16.8 Å². The van der Waals surface area contributed by atoms with Crippen LogP contribution in [0.3, 0.4) is 0 Å². The minimum Gasteiger partial charge on any atom is -0.488 e. The number of nitrogens with zero attached hydrogens (tertiary/aromatic N) is 1. The summed E-state index contributed by atoms with van der Waals surface area (Å²) in [7, 11) is 0. The van der Waals surface area contributed by atoms with Gasteiger partial charge in [0.25, 0.3) is 0 Å². The molecule has 2 aliphatic heterocycles. The van der Waals surface area contributed by atoms with Crippen LogP contribution in [0.5, 0.6) is 0 Å². The summed E-state index contributed by atoms with van der Waals surface area (Å²) >= 11 is 0. The molecule has 3 rings (SSSR count). The number of carboxylic acids is 1. The molecule has 0 saturated carbocycles. The number of hydrogen-bond acceptors (Lipinski definition) is 5. The highest BCUT2D eigenvalue weighted by molar-refractivity contribution is 5.88. The summed E-state index contributed by atoms with van der Waals surface area (Å²) in [6, 6.07) is 0. The average molecular weight is 317 g/mol. The summed E-state index contributed by atoms with van der Waals surface area (Å²) in [5.41, 5.74) is 0.288. The van der Waals surface area contributed by atoms with Crippen LogP contribution in [0.2, 0.25) is 0 Å². The number of aromatic nitrogens is 1. The molecule has 0 atom stereocenters. The number of rotatable bonds is 1. The van der Waals surface area contributed by atoms with E-state index in [0.29, 0.717) is 30.2 Å². The Bertz CT molecular complexity index is 734. The van der Waals surface area contributed by atoms with Crippen LogP contribution in [0.4, 0.5) is 0 Å². The van der Waals surface area contributed by atoms with Gasteiger partial charge < -0.3 is 25.0 Å². The van der Waals surface area contributed by atoms with Gasteiger partial charge in [0.2, 0.25) is 5.43 Å². The van der Waals surface area contributed by atoms with Gasteiger partial charge in [0.1, 0.15) is 12.2 Å². The summed E-state index contributed by atoms with van der Waals surface area (Å²) < 4.78 is 7.47. The average Bonchev–Trinajstić information content (AvgIpc) is 2.52. The molecular formula is C16H19N3O4. The van der Waals surface area contributed by atoms with E-state index in [-0.39, 0.29) is 5.56 Å². The molecule has 0 aromatic carbocycles. The molecule has 3 heterocycles. The Balaban J connectivity index is 2.20. The molecule has 1 aromatic heterocycles. The standard InChI is InChI=1S/C16H19N3O4/c20-15-11-3-1-2-4-17-5-6-18-9-13-14(11)19(7-8-23-13)10-12(15)16(21)22/h1,3,9-10,17-18H,2,4-8H2,(H,21,22)/b3-1-,13-9-. The monoisotopic (exact) mass is 317 g/mol. The number of nitrogens with one attached hydrogen (secondary N) is 2. The lowest BCUT2D eigenvalue weighted by Gasteiger charge is -2.25. The predicted molar refractivity (Wildman–Crippen MR) is 86.1 cm³/mol. The molecule has 3 N–H and O–H groups in total.